The quantitative estimate of drug-likeness (QED) is 0.558. The largest absolute Gasteiger partial charge is 0.481 e. The summed E-state index contributed by atoms with van der Waals surface area (Å²) in [6.45, 7) is 5.72. The number of aliphatic hydroxyl groups is 1. The summed E-state index contributed by atoms with van der Waals surface area (Å²) in [5, 5.41) is 20.5. The molecule has 0 aromatic heterocycles. The van der Waals surface area contributed by atoms with Crippen LogP contribution in [0.25, 0.3) is 0 Å². The van der Waals surface area contributed by atoms with Gasteiger partial charge in [0.2, 0.25) is 0 Å². The van der Waals surface area contributed by atoms with Gasteiger partial charge in [-0.1, -0.05) is 0 Å². The zero-order valence-corrected chi connectivity index (χ0v) is 7.79. The maximum Gasteiger partial charge on any atom is 0.304 e. The first-order chi connectivity index (χ1) is 5.36. The van der Waals surface area contributed by atoms with E-state index in [-0.39, 0.29) is 6.42 Å². The van der Waals surface area contributed by atoms with E-state index in [1.54, 1.807) is 6.92 Å². The van der Waals surface area contributed by atoms with Gasteiger partial charge in [0, 0.05) is 12.1 Å². The van der Waals surface area contributed by atoms with Crippen molar-refractivity contribution in [3.8, 4) is 0 Å². The molecule has 0 spiro atoms. The van der Waals surface area contributed by atoms with Crippen molar-refractivity contribution >= 4 is 5.97 Å². The molecule has 1 unspecified atom stereocenters. The van der Waals surface area contributed by atoms with Crippen molar-refractivity contribution in [3.63, 3.8) is 0 Å². The molecule has 0 radical (unpaired) electrons. The number of aliphatic carboxylic acids is 1. The molecule has 0 aromatic rings. The Hall–Kier alpha value is -0.610. The van der Waals surface area contributed by atoms with Crippen molar-refractivity contribution in [1.82, 2.24) is 5.32 Å². The van der Waals surface area contributed by atoms with Crippen molar-refractivity contribution in [2.75, 3.05) is 6.54 Å². The van der Waals surface area contributed by atoms with Gasteiger partial charge in [-0.15, -0.1) is 0 Å². The monoisotopic (exact) mass is 175 g/mol. The number of aliphatic hydroxyl groups excluding tert-OH is 1. The molecule has 0 amide bonds. The lowest BCUT2D eigenvalue weighted by atomic mass is 9.99. The number of hydrogen-bond acceptors (Lipinski definition) is 3. The number of nitrogens with one attached hydrogen (secondary N) is 1. The molecule has 0 fully saturated rings. The van der Waals surface area contributed by atoms with E-state index in [1.807, 2.05) is 13.8 Å². The van der Waals surface area contributed by atoms with Crippen LogP contribution in [0.15, 0.2) is 0 Å². The summed E-state index contributed by atoms with van der Waals surface area (Å²) in [6, 6.07) is 0. The van der Waals surface area contributed by atoms with E-state index in [2.05, 4.69) is 5.32 Å². The fourth-order valence-corrected chi connectivity index (χ4v) is 0.639. The third-order valence-corrected chi connectivity index (χ3v) is 1.96. The number of carboxylic acid groups (broad SMARTS) is 1. The molecular weight excluding hydrogens is 158 g/mol. The van der Waals surface area contributed by atoms with Crippen LogP contribution in [0.5, 0.6) is 0 Å². The van der Waals surface area contributed by atoms with E-state index in [0.717, 1.165) is 0 Å². The molecule has 0 aromatic carbocycles. The lowest BCUT2D eigenvalue weighted by molar-refractivity contribution is -0.137. The Morgan fingerprint density at radius 3 is 2.42 bits per heavy atom. The van der Waals surface area contributed by atoms with Crippen LogP contribution in [0.1, 0.15) is 27.2 Å². The van der Waals surface area contributed by atoms with Gasteiger partial charge in [0.25, 0.3) is 0 Å². The highest BCUT2D eigenvalue weighted by Crippen LogP contribution is 2.07. The maximum atomic E-state index is 10.2. The molecule has 0 rings (SSSR count). The molecule has 0 heterocycles. The molecule has 0 aliphatic heterocycles. The zero-order chi connectivity index (χ0) is 9.78. The van der Waals surface area contributed by atoms with Crippen LogP contribution in [0.2, 0.25) is 0 Å². The van der Waals surface area contributed by atoms with Crippen LogP contribution >= 0.6 is 0 Å². The molecule has 4 heteroatoms. The lowest BCUT2D eigenvalue weighted by Crippen LogP contribution is -2.48. The Kier molecular flexibility index (Phi) is 4.20. The molecule has 0 saturated carbocycles. The van der Waals surface area contributed by atoms with Crippen molar-refractivity contribution in [1.29, 1.82) is 0 Å². The normalized spacial score (nSPS) is 14.3. The summed E-state index contributed by atoms with van der Waals surface area (Å²) >= 11 is 0. The predicted octanol–water partition coefficient (Wildman–Crippen LogP) is 0.210. The Balaban J connectivity index is 3.69. The second-order valence-electron chi connectivity index (χ2n) is 3.47. The molecule has 1 atom stereocenters. The van der Waals surface area contributed by atoms with Gasteiger partial charge in [0.15, 0.2) is 0 Å². The lowest BCUT2D eigenvalue weighted by Gasteiger charge is -2.29. The second kappa shape index (κ2) is 4.42. The summed E-state index contributed by atoms with van der Waals surface area (Å²) in [4.78, 5) is 10.2. The second-order valence-corrected chi connectivity index (χ2v) is 3.47. The Labute approximate surface area is 72.6 Å². The maximum absolute atomic E-state index is 10.2. The van der Waals surface area contributed by atoms with Crippen LogP contribution in [0, 0.1) is 0 Å². The predicted molar refractivity (Wildman–Crippen MR) is 46.0 cm³/mol. The first-order valence-corrected chi connectivity index (χ1v) is 4.01. The minimum atomic E-state index is -0.830. The number of carboxylic acids is 1. The van der Waals surface area contributed by atoms with Crippen LogP contribution in [0.4, 0.5) is 0 Å². The SMILES string of the molecule is CC(O)C(C)(C)NCCC(=O)O. The van der Waals surface area contributed by atoms with Crippen LogP contribution in [0.3, 0.4) is 0 Å². The molecule has 3 N–H and O–H groups in total. The van der Waals surface area contributed by atoms with Gasteiger partial charge in [-0.2, -0.15) is 0 Å². The van der Waals surface area contributed by atoms with Crippen molar-refractivity contribution in [3.05, 3.63) is 0 Å². The number of hydrogen-bond donors (Lipinski definition) is 3. The van der Waals surface area contributed by atoms with Gasteiger partial charge in [0.1, 0.15) is 0 Å². The van der Waals surface area contributed by atoms with E-state index in [4.69, 9.17) is 5.11 Å². The van der Waals surface area contributed by atoms with E-state index < -0.39 is 17.6 Å². The fraction of sp³-hybridized carbons (Fsp3) is 0.875. The molecule has 72 valence electrons. The molecular formula is C8H17NO3. The average molecular weight is 175 g/mol. The number of carbonyl (C=O) groups is 1. The average Bonchev–Trinajstić information content (AvgIpc) is 1.85. The summed E-state index contributed by atoms with van der Waals surface area (Å²) in [5.74, 6) is -0.830. The Morgan fingerprint density at radius 1 is 1.58 bits per heavy atom. The van der Waals surface area contributed by atoms with Crippen molar-refractivity contribution < 1.29 is 15.0 Å². The first kappa shape index (κ1) is 11.4. The Bertz CT molecular complexity index is 154. The molecule has 0 aliphatic carbocycles. The number of rotatable bonds is 5. The molecule has 12 heavy (non-hydrogen) atoms. The van der Waals surface area contributed by atoms with Gasteiger partial charge in [-0.3, -0.25) is 4.79 Å². The van der Waals surface area contributed by atoms with Crippen molar-refractivity contribution in [2.24, 2.45) is 0 Å². The van der Waals surface area contributed by atoms with Gasteiger partial charge in [0.05, 0.1) is 12.5 Å². The highest BCUT2D eigenvalue weighted by atomic mass is 16.4. The topological polar surface area (TPSA) is 69.6 Å². The summed E-state index contributed by atoms with van der Waals surface area (Å²) in [5.41, 5.74) is -0.421. The van der Waals surface area contributed by atoms with Gasteiger partial charge in [-0.05, 0) is 20.8 Å². The minimum absolute atomic E-state index is 0.0795. The van der Waals surface area contributed by atoms with E-state index in [1.165, 1.54) is 0 Å². The fourth-order valence-electron chi connectivity index (χ4n) is 0.639. The molecule has 4 nitrogen and oxygen atoms in total. The van der Waals surface area contributed by atoms with Crippen LogP contribution < -0.4 is 5.32 Å². The van der Waals surface area contributed by atoms with Gasteiger partial charge < -0.3 is 15.5 Å². The van der Waals surface area contributed by atoms with Gasteiger partial charge >= 0.3 is 5.97 Å². The first-order valence-electron chi connectivity index (χ1n) is 4.01. The third kappa shape index (κ3) is 4.31. The summed E-state index contributed by atoms with van der Waals surface area (Å²) in [7, 11) is 0. The highest BCUT2D eigenvalue weighted by molar-refractivity contribution is 5.66. The smallest absolute Gasteiger partial charge is 0.304 e. The molecule has 0 bridgehead atoms. The molecule has 0 aliphatic rings. The summed E-state index contributed by atoms with van der Waals surface area (Å²) in [6.07, 6.45) is -0.415. The summed E-state index contributed by atoms with van der Waals surface area (Å²) < 4.78 is 0. The van der Waals surface area contributed by atoms with Gasteiger partial charge in [-0.25, -0.2) is 0 Å². The minimum Gasteiger partial charge on any atom is -0.481 e. The van der Waals surface area contributed by atoms with Crippen molar-refractivity contribution in [2.45, 2.75) is 38.8 Å². The zero-order valence-electron chi connectivity index (χ0n) is 7.79. The van der Waals surface area contributed by atoms with Crippen LogP contribution in [-0.2, 0) is 4.79 Å². The Morgan fingerprint density at radius 2 is 2.08 bits per heavy atom. The molecule has 0 saturated heterocycles. The van der Waals surface area contributed by atoms with Crippen LogP contribution in [-0.4, -0.2) is 34.4 Å². The van der Waals surface area contributed by atoms with E-state index in [9.17, 15) is 9.90 Å². The third-order valence-electron chi connectivity index (χ3n) is 1.96. The van der Waals surface area contributed by atoms with E-state index in [0.29, 0.717) is 6.54 Å². The van der Waals surface area contributed by atoms with E-state index >= 15 is 0 Å². The highest BCUT2D eigenvalue weighted by Gasteiger charge is 2.22. The standard InChI is InChI=1S/C8H17NO3/c1-6(10)8(2,3)9-5-4-7(11)12/h6,9-10H,4-5H2,1-3H3,(H,11,12).